The zero-order valence-corrected chi connectivity index (χ0v) is 13.0. The van der Waals surface area contributed by atoms with Gasteiger partial charge in [-0.25, -0.2) is 0 Å². The Morgan fingerprint density at radius 2 is 1.95 bits per heavy atom. The maximum atomic E-state index is 5.84. The SMILES string of the molecule is CN=C(NCCCOC1CCCC1)NC(C)C(C)C. The van der Waals surface area contributed by atoms with Crippen LogP contribution in [0.5, 0.6) is 0 Å². The Balaban J connectivity index is 2.05. The van der Waals surface area contributed by atoms with E-state index in [1.807, 2.05) is 7.05 Å². The monoisotopic (exact) mass is 269 g/mol. The minimum Gasteiger partial charge on any atom is -0.378 e. The number of guanidine groups is 1. The molecule has 0 aliphatic heterocycles. The fraction of sp³-hybridized carbons (Fsp3) is 0.933. The molecule has 0 radical (unpaired) electrons. The predicted molar refractivity (Wildman–Crippen MR) is 81.6 cm³/mol. The summed E-state index contributed by atoms with van der Waals surface area (Å²) in [5.74, 6) is 1.49. The van der Waals surface area contributed by atoms with E-state index in [4.69, 9.17) is 4.74 Å². The molecule has 112 valence electrons. The number of ether oxygens (including phenoxy) is 1. The summed E-state index contributed by atoms with van der Waals surface area (Å²) in [4.78, 5) is 4.24. The Bertz CT molecular complexity index is 260. The third kappa shape index (κ3) is 6.81. The Labute approximate surface area is 118 Å². The molecule has 1 atom stereocenters. The van der Waals surface area contributed by atoms with Gasteiger partial charge >= 0.3 is 0 Å². The first-order valence-electron chi connectivity index (χ1n) is 7.72. The van der Waals surface area contributed by atoms with Crippen LogP contribution in [0.15, 0.2) is 4.99 Å². The van der Waals surface area contributed by atoms with Crippen LogP contribution < -0.4 is 10.6 Å². The summed E-state index contributed by atoms with van der Waals surface area (Å²) in [5, 5.41) is 6.74. The van der Waals surface area contributed by atoms with E-state index in [0.717, 1.165) is 25.5 Å². The Morgan fingerprint density at radius 1 is 1.26 bits per heavy atom. The van der Waals surface area contributed by atoms with Gasteiger partial charge in [-0.05, 0) is 32.1 Å². The van der Waals surface area contributed by atoms with Crippen LogP contribution in [0.4, 0.5) is 0 Å². The topological polar surface area (TPSA) is 45.7 Å². The van der Waals surface area contributed by atoms with Crippen molar-refractivity contribution in [2.24, 2.45) is 10.9 Å². The summed E-state index contributed by atoms with van der Waals surface area (Å²) in [6, 6.07) is 0.431. The zero-order valence-electron chi connectivity index (χ0n) is 13.0. The van der Waals surface area contributed by atoms with Crippen molar-refractivity contribution in [2.45, 2.75) is 65.0 Å². The highest BCUT2D eigenvalue weighted by Gasteiger charge is 2.14. The molecule has 0 heterocycles. The van der Waals surface area contributed by atoms with E-state index in [0.29, 0.717) is 18.1 Å². The van der Waals surface area contributed by atoms with Gasteiger partial charge in [-0.1, -0.05) is 26.7 Å². The standard InChI is InChI=1S/C15H31N3O/c1-12(2)13(3)18-15(16-4)17-10-7-11-19-14-8-5-6-9-14/h12-14H,5-11H2,1-4H3,(H2,16,17,18). The van der Waals surface area contributed by atoms with E-state index in [9.17, 15) is 0 Å². The van der Waals surface area contributed by atoms with Crippen LogP contribution in [-0.2, 0) is 4.74 Å². The molecule has 1 saturated carbocycles. The Hall–Kier alpha value is -0.770. The van der Waals surface area contributed by atoms with Crippen LogP contribution in [0.2, 0.25) is 0 Å². The molecule has 19 heavy (non-hydrogen) atoms. The average Bonchev–Trinajstić information content (AvgIpc) is 2.89. The fourth-order valence-electron chi connectivity index (χ4n) is 2.16. The van der Waals surface area contributed by atoms with E-state index in [1.165, 1.54) is 25.7 Å². The van der Waals surface area contributed by atoms with Crippen LogP contribution in [-0.4, -0.2) is 38.3 Å². The van der Waals surface area contributed by atoms with E-state index < -0.39 is 0 Å². The van der Waals surface area contributed by atoms with Crippen molar-refractivity contribution in [2.75, 3.05) is 20.2 Å². The number of hydrogen-bond acceptors (Lipinski definition) is 2. The molecule has 0 bridgehead atoms. The van der Waals surface area contributed by atoms with E-state index >= 15 is 0 Å². The summed E-state index contributed by atoms with van der Waals surface area (Å²) >= 11 is 0. The maximum Gasteiger partial charge on any atom is 0.191 e. The summed E-state index contributed by atoms with van der Waals surface area (Å²) < 4.78 is 5.84. The third-order valence-electron chi connectivity index (χ3n) is 3.86. The molecule has 4 nitrogen and oxygen atoms in total. The first-order valence-corrected chi connectivity index (χ1v) is 7.72. The molecule has 1 rings (SSSR count). The molecular weight excluding hydrogens is 238 g/mol. The molecule has 2 N–H and O–H groups in total. The van der Waals surface area contributed by atoms with Crippen LogP contribution in [0, 0.1) is 5.92 Å². The van der Waals surface area contributed by atoms with Gasteiger partial charge in [0.1, 0.15) is 0 Å². The minimum atomic E-state index is 0.431. The molecule has 4 heteroatoms. The fourth-order valence-corrected chi connectivity index (χ4v) is 2.16. The maximum absolute atomic E-state index is 5.84. The third-order valence-corrected chi connectivity index (χ3v) is 3.86. The van der Waals surface area contributed by atoms with E-state index in [1.54, 1.807) is 0 Å². The first kappa shape index (κ1) is 16.3. The minimum absolute atomic E-state index is 0.431. The number of nitrogens with one attached hydrogen (secondary N) is 2. The summed E-state index contributed by atoms with van der Waals surface area (Å²) in [5.41, 5.74) is 0. The second kappa shape index (κ2) is 9.18. The quantitative estimate of drug-likeness (QED) is 0.424. The summed E-state index contributed by atoms with van der Waals surface area (Å²) in [6.45, 7) is 8.37. The van der Waals surface area contributed by atoms with Crippen LogP contribution in [0.3, 0.4) is 0 Å². The van der Waals surface area contributed by atoms with Gasteiger partial charge in [0.05, 0.1) is 6.10 Å². The van der Waals surface area contributed by atoms with Crippen LogP contribution in [0.25, 0.3) is 0 Å². The lowest BCUT2D eigenvalue weighted by atomic mass is 10.1. The molecule has 0 aromatic carbocycles. The lowest BCUT2D eigenvalue weighted by molar-refractivity contribution is 0.0574. The molecule has 0 spiro atoms. The number of aliphatic imine (C=N–C) groups is 1. The molecule has 0 aromatic rings. The predicted octanol–water partition coefficient (Wildman–Crippen LogP) is 2.55. The number of nitrogens with zero attached hydrogens (tertiary/aromatic N) is 1. The second-order valence-electron chi connectivity index (χ2n) is 5.81. The average molecular weight is 269 g/mol. The highest BCUT2D eigenvalue weighted by molar-refractivity contribution is 5.79. The molecule has 1 aliphatic carbocycles. The van der Waals surface area contributed by atoms with Gasteiger partial charge in [0, 0.05) is 26.2 Å². The Morgan fingerprint density at radius 3 is 2.53 bits per heavy atom. The van der Waals surface area contributed by atoms with Gasteiger partial charge < -0.3 is 15.4 Å². The molecule has 1 unspecified atom stereocenters. The second-order valence-corrected chi connectivity index (χ2v) is 5.81. The van der Waals surface area contributed by atoms with Crippen molar-refractivity contribution in [3.8, 4) is 0 Å². The van der Waals surface area contributed by atoms with Crippen molar-refractivity contribution >= 4 is 5.96 Å². The molecule has 0 aromatic heterocycles. The molecule has 0 saturated heterocycles. The number of rotatable bonds is 7. The zero-order chi connectivity index (χ0) is 14.1. The molecule has 0 amide bonds. The van der Waals surface area contributed by atoms with Crippen molar-refractivity contribution < 1.29 is 4.74 Å². The molecular formula is C15H31N3O. The van der Waals surface area contributed by atoms with Crippen molar-refractivity contribution in [3.05, 3.63) is 0 Å². The largest absolute Gasteiger partial charge is 0.378 e. The van der Waals surface area contributed by atoms with Gasteiger partial charge in [0.2, 0.25) is 0 Å². The van der Waals surface area contributed by atoms with Gasteiger partial charge in [-0.2, -0.15) is 0 Å². The van der Waals surface area contributed by atoms with E-state index in [-0.39, 0.29) is 0 Å². The van der Waals surface area contributed by atoms with E-state index in [2.05, 4.69) is 36.4 Å². The highest BCUT2D eigenvalue weighted by atomic mass is 16.5. The summed E-state index contributed by atoms with van der Waals surface area (Å²) in [7, 11) is 1.82. The van der Waals surface area contributed by atoms with Gasteiger partial charge in [0.25, 0.3) is 0 Å². The molecule has 1 aliphatic rings. The lowest BCUT2D eigenvalue weighted by Crippen LogP contribution is -2.44. The summed E-state index contributed by atoms with van der Waals surface area (Å²) in [6.07, 6.45) is 6.75. The van der Waals surface area contributed by atoms with Crippen LogP contribution in [0.1, 0.15) is 52.9 Å². The van der Waals surface area contributed by atoms with Crippen LogP contribution >= 0.6 is 0 Å². The first-order chi connectivity index (χ1) is 9.13. The number of hydrogen-bond donors (Lipinski definition) is 2. The van der Waals surface area contributed by atoms with Crippen molar-refractivity contribution in [1.82, 2.24) is 10.6 Å². The van der Waals surface area contributed by atoms with Gasteiger partial charge in [0.15, 0.2) is 5.96 Å². The van der Waals surface area contributed by atoms with Crippen molar-refractivity contribution in [3.63, 3.8) is 0 Å². The highest BCUT2D eigenvalue weighted by Crippen LogP contribution is 2.20. The Kier molecular flexibility index (Phi) is 7.87. The molecule has 1 fully saturated rings. The smallest absolute Gasteiger partial charge is 0.191 e. The lowest BCUT2D eigenvalue weighted by Gasteiger charge is -2.20. The van der Waals surface area contributed by atoms with Crippen molar-refractivity contribution in [1.29, 1.82) is 0 Å². The van der Waals surface area contributed by atoms with Gasteiger partial charge in [-0.15, -0.1) is 0 Å². The van der Waals surface area contributed by atoms with Gasteiger partial charge in [-0.3, -0.25) is 4.99 Å². The normalized spacial score (nSPS) is 18.9.